The number of thiocarbonyl (C=S) groups is 1. The van der Waals surface area contributed by atoms with Crippen molar-refractivity contribution in [3.8, 4) is 0 Å². The van der Waals surface area contributed by atoms with Crippen LogP contribution in [0.5, 0.6) is 0 Å². The van der Waals surface area contributed by atoms with Crippen molar-refractivity contribution in [1.29, 1.82) is 0 Å². The van der Waals surface area contributed by atoms with Crippen LogP contribution >= 0.6 is 12.2 Å². The monoisotopic (exact) mass is 407 g/mol. The minimum absolute atomic E-state index is 0.0472. The first-order valence-electron chi connectivity index (χ1n) is 8.78. The zero-order chi connectivity index (χ0) is 20.7. The van der Waals surface area contributed by atoms with E-state index in [1.54, 1.807) is 13.8 Å². The predicted molar refractivity (Wildman–Crippen MR) is 106 cm³/mol. The topological polar surface area (TPSA) is 87.7 Å². The Morgan fingerprint density at radius 1 is 1.39 bits per heavy atom. The Kier molecular flexibility index (Phi) is 7.62. The van der Waals surface area contributed by atoms with Crippen molar-refractivity contribution < 1.29 is 23.5 Å². The van der Waals surface area contributed by atoms with Crippen LogP contribution in [0.25, 0.3) is 6.08 Å². The number of carbonyl (C=O) groups is 3. The Morgan fingerprint density at radius 2 is 2.07 bits per heavy atom. The van der Waals surface area contributed by atoms with Gasteiger partial charge in [-0.05, 0) is 49.8 Å². The summed E-state index contributed by atoms with van der Waals surface area (Å²) in [6.07, 6.45) is 2.30. The lowest BCUT2D eigenvalue weighted by atomic mass is 10.1. The number of rotatable bonds is 5. The first-order valence-corrected chi connectivity index (χ1v) is 9.19. The Balaban J connectivity index is 1.99. The van der Waals surface area contributed by atoms with Crippen molar-refractivity contribution in [2.24, 2.45) is 0 Å². The summed E-state index contributed by atoms with van der Waals surface area (Å²) < 4.78 is 18.0. The minimum atomic E-state index is -0.853. The highest BCUT2D eigenvalue weighted by Gasteiger charge is 2.34. The van der Waals surface area contributed by atoms with Gasteiger partial charge < -0.3 is 15.0 Å². The fourth-order valence-corrected chi connectivity index (χ4v) is 2.91. The standard InChI is InChI=1S/C19H22FN3O4S/c1-12(2)27-17(25)11-15-18(26)21-9-10-23(15)19(28)22-16(24)8-5-13-3-6-14(20)7-4-13/h3-8,12,15H,9-11H2,1-2H3,(H,21,26)(H,22,24,28)/b8-5+. The summed E-state index contributed by atoms with van der Waals surface area (Å²) >= 11 is 5.25. The first-order chi connectivity index (χ1) is 13.3. The fourth-order valence-electron chi connectivity index (χ4n) is 2.59. The first kappa shape index (κ1) is 21.5. The summed E-state index contributed by atoms with van der Waals surface area (Å²) in [5.41, 5.74) is 0.647. The van der Waals surface area contributed by atoms with Gasteiger partial charge in [0.2, 0.25) is 11.8 Å². The molecule has 1 aliphatic heterocycles. The highest BCUT2D eigenvalue weighted by atomic mass is 32.1. The molecule has 1 aromatic rings. The zero-order valence-electron chi connectivity index (χ0n) is 15.6. The molecule has 150 valence electrons. The highest BCUT2D eigenvalue weighted by molar-refractivity contribution is 7.80. The van der Waals surface area contributed by atoms with Gasteiger partial charge in [-0.25, -0.2) is 4.39 Å². The molecule has 1 aliphatic rings. The van der Waals surface area contributed by atoms with E-state index in [1.165, 1.54) is 41.3 Å². The average Bonchev–Trinajstić information content (AvgIpc) is 2.62. The van der Waals surface area contributed by atoms with Crippen LogP contribution in [0.4, 0.5) is 4.39 Å². The van der Waals surface area contributed by atoms with Crippen LogP contribution in [0.15, 0.2) is 30.3 Å². The summed E-state index contributed by atoms with van der Waals surface area (Å²) in [5, 5.41) is 5.24. The number of benzene rings is 1. The van der Waals surface area contributed by atoms with Gasteiger partial charge in [-0.15, -0.1) is 0 Å². The molecule has 1 fully saturated rings. The number of nitrogens with zero attached hydrogens (tertiary/aromatic N) is 1. The second-order valence-corrected chi connectivity index (χ2v) is 6.81. The van der Waals surface area contributed by atoms with Gasteiger partial charge in [0, 0.05) is 19.2 Å². The molecule has 1 aromatic carbocycles. The third-order valence-corrected chi connectivity index (χ3v) is 4.18. The number of halogens is 1. The van der Waals surface area contributed by atoms with Gasteiger partial charge in [0.05, 0.1) is 12.5 Å². The molecule has 2 amide bonds. The number of hydrogen-bond acceptors (Lipinski definition) is 5. The predicted octanol–water partition coefficient (Wildman–Crippen LogP) is 1.38. The van der Waals surface area contributed by atoms with Crippen molar-refractivity contribution in [2.75, 3.05) is 13.1 Å². The molecule has 7 nitrogen and oxygen atoms in total. The number of ether oxygens (including phenoxy) is 1. The van der Waals surface area contributed by atoms with E-state index in [4.69, 9.17) is 17.0 Å². The molecule has 1 heterocycles. The van der Waals surface area contributed by atoms with E-state index in [1.807, 2.05) is 0 Å². The number of esters is 1. The van der Waals surface area contributed by atoms with Crippen LogP contribution in [0, 0.1) is 5.82 Å². The third kappa shape index (κ3) is 6.41. The molecule has 0 saturated carbocycles. The van der Waals surface area contributed by atoms with Gasteiger partial charge in [-0.1, -0.05) is 12.1 Å². The lowest BCUT2D eigenvalue weighted by molar-refractivity contribution is -0.150. The van der Waals surface area contributed by atoms with Gasteiger partial charge in [0.25, 0.3) is 0 Å². The van der Waals surface area contributed by atoms with Crippen molar-refractivity contribution in [1.82, 2.24) is 15.5 Å². The largest absolute Gasteiger partial charge is 0.463 e. The molecule has 2 rings (SSSR count). The third-order valence-electron chi connectivity index (χ3n) is 3.85. The SMILES string of the molecule is CC(C)OC(=O)CC1C(=O)NCCN1C(=S)NC(=O)/C=C/c1ccc(F)cc1. The maximum absolute atomic E-state index is 12.9. The Labute approximate surface area is 167 Å². The molecule has 1 saturated heterocycles. The Morgan fingerprint density at radius 3 is 2.71 bits per heavy atom. The van der Waals surface area contributed by atoms with Gasteiger partial charge in [0.15, 0.2) is 5.11 Å². The van der Waals surface area contributed by atoms with Crippen LogP contribution < -0.4 is 10.6 Å². The maximum Gasteiger partial charge on any atom is 0.308 e. The molecule has 0 radical (unpaired) electrons. The smallest absolute Gasteiger partial charge is 0.308 e. The van der Waals surface area contributed by atoms with Gasteiger partial charge in [-0.3, -0.25) is 19.7 Å². The lowest BCUT2D eigenvalue weighted by Crippen LogP contribution is -2.60. The van der Waals surface area contributed by atoms with E-state index >= 15 is 0 Å². The molecule has 0 aliphatic carbocycles. The average molecular weight is 407 g/mol. The molecule has 1 atom stereocenters. The maximum atomic E-state index is 12.9. The number of amides is 2. The quantitative estimate of drug-likeness (QED) is 0.436. The van der Waals surface area contributed by atoms with Crippen LogP contribution in [0.2, 0.25) is 0 Å². The van der Waals surface area contributed by atoms with Crippen molar-refractivity contribution in [3.05, 3.63) is 41.7 Å². The van der Waals surface area contributed by atoms with Crippen molar-refractivity contribution >= 4 is 41.2 Å². The number of nitrogens with one attached hydrogen (secondary N) is 2. The van der Waals surface area contributed by atoms with Gasteiger partial charge >= 0.3 is 5.97 Å². The second kappa shape index (κ2) is 9.93. The van der Waals surface area contributed by atoms with E-state index < -0.39 is 17.9 Å². The van der Waals surface area contributed by atoms with Crippen molar-refractivity contribution in [3.63, 3.8) is 0 Å². The molecule has 28 heavy (non-hydrogen) atoms. The Bertz CT molecular complexity index is 780. The Hall–Kier alpha value is -2.81. The van der Waals surface area contributed by atoms with Crippen LogP contribution in [-0.4, -0.2) is 53.0 Å². The second-order valence-electron chi connectivity index (χ2n) is 6.42. The summed E-state index contributed by atoms with van der Waals surface area (Å²) in [7, 11) is 0. The summed E-state index contributed by atoms with van der Waals surface area (Å²) in [4.78, 5) is 37.7. The molecule has 1 unspecified atom stereocenters. The van der Waals surface area contributed by atoms with E-state index in [0.717, 1.165) is 0 Å². The summed E-state index contributed by atoms with van der Waals surface area (Å²) in [5.74, 6) is -1.74. The van der Waals surface area contributed by atoms with E-state index in [0.29, 0.717) is 18.7 Å². The molecular weight excluding hydrogens is 385 g/mol. The van der Waals surface area contributed by atoms with E-state index in [-0.39, 0.29) is 29.4 Å². The van der Waals surface area contributed by atoms with E-state index in [2.05, 4.69) is 10.6 Å². The van der Waals surface area contributed by atoms with Gasteiger partial charge in [0.1, 0.15) is 11.9 Å². The van der Waals surface area contributed by atoms with Crippen LogP contribution in [0.1, 0.15) is 25.8 Å². The van der Waals surface area contributed by atoms with Crippen LogP contribution in [-0.2, 0) is 19.1 Å². The molecule has 2 N–H and O–H groups in total. The summed E-state index contributed by atoms with van der Waals surface area (Å²) in [6.45, 7) is 4.13. The normalized spacial score (nSPS) is 16.8. The number of carbonyl (C=O) groups excluding carboxylic acids is 3. The van der Waals surface area contributed by atoms with Crippen molar-refractivity contribution in [2.45, 2.75) is 32.4 Å². The number of hydrogen-bond donors (Lipinski definition) is 2. The zero-order valence-corrected chi connectivity index (χ0v) is 16.4. The summed E-state index contributed by atoms with van der Waals surface area (Å²) in [6, 6.07) is 4.78. The minimum Gasteiger partial charge on any atom is -0.463 e. The molecule has 0 bridgehead atoms. The number of piperazine rings is 1. The molecule has 0 aromatic heterocycles. The molecule has 9 heteroatoms. The highest BCUT2D eigenvalue weighted by Crippen LogP contribution is 2.11. The lowest BCUT2D eigenvalue weighted by Gasteiger charge is -2.36. The molecular formula is C19H22FN3O4S. The molecule has 0 spiro atoms. The van der Waals surface area contributed by atoms with Crippen LogP contribution in [0.3, 0.4) is 0 Å². The fraction of sp³-hybridized carbons (Fsp3) is 0.368. The van der Waals surface area contributed by atoms with E-state index in [9.17, 15) is 18.8 Å². The van der Waals surface area contributed by atoms with Gasteiger partial charge in [-0.2, -0.15) is 0 Å².